The van der Waals surface area contributed by atoms with Crippen molar-refractivity contribution < 1.29 is 18.3 Å². The number of nitrogens with one attached hydrogen (secondary N) is 1. The highest BCUT2D eigenvalue weighted by Gasteiger charge is 2.37. The van der Waals surface area contributed by atoms with Crippen LogP contribution in [0.25, 0.3) is 11.0 Å². The summed E-state index contributed by atoms with van der Waals surface area (Å²) in [5, 5.41) is 12.7. The maximum atomic E-state index is 14.5. The highest BCUT2D eigenvalue weighted by molar-refractivity contribution is 5.95. The Morgan fingerprint density at radius 1 is 1.27 bits per heavy atom. The molecule has 1 saturated carbocycles. The SMILES string of the molecule is CC1=C(C#N)C(c2ccc(F)c3c(=O)cc(C)oc23)C(C(=O)OC2CCC2)=C(C)N1. The fraction of sp³-hybridized carbons (Fsp3) is 0.348. The van der Waals surface area contributed by atoms with E-state index in [1.54, 1.807) is 20.8 Å². The first kappa shape index (κ1) is 19.9. The molecule has 7 heteroatoms. The first-order valence-corrected chi connectivity index (χ1v) is 9.84. The average molecular weight is 408 g/mol. The number of carbonyl (C=O) groups excluding carboxylic acids is 1. The summed E-state index contributed by atoms with van der Waals surface area (Å²) in [6.45, 7) is 5.06. The number of hydrogen-bond acceptors (Lipinski definition) is 6. The van der Waals surface area contributed by atoms with E-state index in [0.717, 1.165) is 19.3 Å². The van der Waals surface area contributed by atoms with Gasteiger partial charge in [0.05, 0.1) is 23.1 Å². The molecule has 1 aliphatic carbocycles. The topological polar surface area (TPSA) is 92.3 Å². The smallest absolute Gasteiger partial charge is 0.337 e. The van der Waals surface area contributed by atoms with Crippen LogP contribution in [0.15, 0.2) is 50.0 Å². The third-order valence-corrected chi connectivity index (χ3v) is 5.72. The van der Waals surface area contributed by atoms with Gasteiger partial charge in [-0.15, -0.1) is 0 Å². The lowest BCUT2D eigenvalue weighted by molar-refractivity contribution is -0.148. The van der Waals surface area contributed by atoms with E-state index in [-0.39, 0.29) is 22.6 Å². The fourth-order valence-electron chi connectivity index (χ4n) is 4.02. The molecule has 6 nitrogen and oxygen atoms in total. The van der Waals surface area contributed by atoms with Gasteiger partial charge in [0.1, 0.15) is 28.7 Å². The van der Waals surface area contributed by atoms with Gasteiger partial charge in [-0.2, -0.15) is 5.26 Å². The normalized spacial score (nSPS) is 19.4. The molecule has 0 amide bonds. The van der Waals surface area contributed by atoms with Crippen LogP contribution in [0.4, 0.5) is 4.39 Å². The average Bonchev–Trinajstić information content (AvgIpc) is 2.64. The molecule has 1 aromatic heterocycles. The molecule has 0 bridgehead atoms. The second-order valence-electron chi connectivity index (χ2n) is 7.77. The van der Waals surface area contributed by atoms with Crippen LogP contribution in [0.1, 0.15) is 50.4 Å². The van der Waals surface area contributed by atoms with E-state index >= 15 is 0 Å². The van der Waals surface area contributed by atoms with Crippen LogP contribution >= 0.6 is 0 Å². The predicted molar refractivity (Wildman–Crippen MR) is 108 cm³/mol. The molecule has 0 radical (unpaired) electrons. The van der Waals surface area contributed by atoms with Crippen molar-refractivity contribution in [2.45, 2.75) is 52.1 Å². The predicted octanol–water partition coefficient (Wildman–Crippen LogP) is 4.09. The number of allylic oxidation sites excluding steroid dienone is 3. The van der Waals surface area contributed by atoms with Crippen molar-refractivity contribution in [2.75, 3.05) is 0 Å². The maximum absolute atomic E-state index is 14.5. The molecule has 30 heavy (non-hydrogen) atoms. The van der Waals surface area contributed by atoms with Gasteiger partial charge in [0.15, 0.2) is 5.43 Å². The number of nitrogens with zero attached hydrogens (tertiary/aromatic N) is 1. The number of dihydropyridines is 1. The molecule has 1 unspecified atom stereocenters. The number of esters is 1. The lowest BCUT2D eigenvalue weighted by Crippen LogP contribution is -2.32. The number of halogens is 1. The van der Waals surface area contributed by atoms with Crippen molar-refractivity contribution in [1.29, 1.82) is 5.26 Å². The minimum Gasteiger partial charge on any atom is -0.461 e. The van der Waals surface area contributed by atoms with Crippen LogP contribution < -0.4 is 10.7 Å². The van der Waals surface area contributed by atoms with E-state index in [2.05, 4.69) is 11.4 Å². The summed E-state index contributed by atoms with van der Waals surface area (Å²) >= 11 is 0. The zero-order chi connectivity index (χ0) is 21.6. The highest BCUT2D eigenvalue weighted by Crippen LogP contribution is 2.41. The summed E-state index contributed by atoms with van der Waals surface area (Å²) in [6, 6.07) is 6.01. The Labute approximate surface area is 172 Å². The zero-order valence-electron chi connectivity index (χ0n) is 17.0. The molecule has 2 aromatic rings. The Hall–Kier alpha value is -3.40. The molecular formula is C23H21FN2O4. The number of benzene rings is 1. The van der Waals surface area contributed by atoms with Gasteiger partial charge in [0, 0.05) is 23.0 Å². The lowest BCUT2D eigenvalue weighted by atomic mass is 9.80. The second-order valence-corrected chi connectivity index (χ2v) is 7.77. The van der Waals surface area contributed by atoms with Gasteiger partial charge in [0.25, 0.3) is 0 Å². The minimum absolute atomic E-state index is 0.0363. The molecule has 1 atom stereocenters. The molecule has 1 aromatic carbocycles. The number of rotatable bonds is 3. The molecule has 1 aliphatic heterocycles. The first-order valence-electron chi connectivity index (χ1n) is 9.84. The summed E-state index contributed by atoms with van der Waals surface area (Å²) in [5.74, 6) is -1.76. The third-order valence-electron chi connectivity index (χ3n) is 5.72. The van der Waals surface area contributed by atoms with E-state index in [1.165, 1.54) is 18.2 Å². The number of aryl methyl sites for hydroxylation is 1. The molecule has 4 rings (SSSR count). The molecule has 1 N–H and O–H groups in total. The number of hydrogen-bond donors (Lipinski definition) is 1. The second kappa shape index (κ2) is 7.45. The van der Waals surface area contributed by atoms with E-state index in [4.69, 9.17) is 9.15 Å². The van der Waals surface area contributed by atoms with Gasteiger partial charge >= 0.3 is 5.97 Å². The Bertz CT molecular complexity index is 1230. The monoisotopic (exact) mass is 408 g/mol. The van der Waals surface area contributed by atoms with Gasteiger partial charge in [-0.05, 0) is 46.1 Å². The van der Waals surface area contributed by atoms with Gasteiger partial charge < -0.3 is 14.5 Å². The largest absolute Gasteiger partial charge is 0.461 e. The molecule has 2 heterocycles. The minimum atomic E-state index is -0.836. The van der Waals surface area contributed by atoms with Crippen LogP contribution in [0.3, 0.4) is 0 Å². The van der Waals surface area contributed by atoms with Crippen molar-refractivity contribution in [3.05, 3.63) is 68.1 Å². The summed E-state index contributed by atoms with van der Waals surface area (Å²) < 4.78 is 25.9. The molecule has 0 saturated heterocycles. The molecule has 154 valence electrons. The van der Waals surface area contributed by atoms with Crippen LogP contribution in [0.5, 0.6) is 0 Å². The zero-order valence-corrected chi connectivity index (χ0v) is 17.0. The van der Waals surface area contributed by atoms with Gasteiger partial charge in [0.2, 0.25) is 0 Å². The molecule has 0 spiro atoms. The Morgan fingerprint density at radius 3 is 2.63 bits per heavy atom. The highest BCUT2D eigenvalue weighted by atomic mass is 19.1. The first-order chi connectivity index (χ1) is 14.3. The lowest BCUT2D eigenvalue weighted by Gasteiger charge is -2.31. The van der Waals surface area contributed by atoms with Crippen LogP contribution in [0.2, 0.25) is 0 Å². The van der Waals surface area contributed by atoms with E-state index in [9.17, 15) is 19.2 Å². The Kier molecular flexibility index (Phi) is 4.94. The van der Waals surface area contributed by atoms with Gasteiger partial charge in [-0.3, -0.25) is 4.79 Å². The van der Waals surface area contributed by atoms with Crippen molar-refractivity contribution in [1.82, 2.24) is 5.32 Å². The summed E-state index contributed by atoms with van der Waals surface area (Å²) in [5.41, 5.74) is 1.58. The van der Waals surface area contributed by atoms with Gasteiger partial charge in [-0.1, -0.05) is 6.07 Å². The fourth-order valence-corrected chi connectivity index (χ4v) is 4.02. The number of ether oxygens (including phenoxy) is 1. The van der Waals surface area contributed by atoms with E-state index in [0.29, 0.717) is 28.3 Å². The molecular weight excluding hydrogens is 387 g/mol. The van der Waals surface area contributed by atoms with E-state index < -0.39 is 23.1 Å². The van der Waals surface area contributed by atoms with Crippen molar-refractivity contribution in [3.63, 3.8) is 0 Å². The standard InChI is InChI=1S/C23H21FN2O4/c1-11-9-18(27)21-17(24)8-7-15(22(21)29-11)20-16(10-25)12(2)26-13(3)19(20)23(28)30-14-5-4-6-14/h7-9,14,20,26H,4-6H2,1-3H3. The van der Waals surface area contributed by atoms with Crippen LogP contribution in [-0.4, -0.2) is 12.1 Å². The Morgan fingerprint density at radius 2 is 2.00 bits per heavy atom. The van der Waals surface area contributed by atoms with Crippen molar-refractivity contribution >= 4 is 16.9 Å². The quantitative estimate of drug-likeness (QED) is 0.769. The summed E-state index contributed by atoms with van der Waals surface area (Å²) in [4.78, 5) is 25.5. The van der Waals surface area contributed by atoms with Crippen LogP contribution in [-0.2, 0) is 9.53 Å². The summed E-state index contributed by atoms with van der Waals surface area (Å²) in [6.07, 6.45) is 2.49. The summed E-state index contributed by atoms with van der Waals surface area (Å²) in [7, 11) is 0. The number of nitriles is 1. The van der Waals surface area contributed by atoms with Crippen molar-refractivity contribution in [3.8, 4) is 6.07 Å². The Balaban J connectivity index is 1.96. The third kappa shape index (κ3) is 3.18. The van der Waals surface area contributed by atoms with Gasteiger partial charge in [-0.25, -0.2) is 9.18 Å². The molecule has 1 fully saturated rings. The van der Waals surface area contributed by atoms with E-state index in [1.807, 2.05) is 0 Å². The molecule has 2 aliphatic rings. The number of fused-ring (bicyclic) bond motifs is 1. The van der Waals surface area contributed by atoms with Crippen molar-refractivity contribution in [2.24, 2.45) is 0 Å². The number of carbonyl (C=O) groups is 1. The van der Waals surface area contributed by atoms with Crippen LogP contribution in [0, 0.1) is 24.1 Å². The maximum Gasteiger partial charge on any atom is 0.337 e.